The first-order chi connectivity index (χ1) is 10.0. The average molecular weight is 289 g/mol. The zero-order valence-electron chi connectivity index (χ0n) is 13.1. The molecule has 1 aromatic carbocycles. The van der Waals surface area contributed by atoms with Gasteiger partial charge in [-0.3, -0.25) is 4.79 Å². The molecule has 0 amide bonds. The Morgan fingerprint density at radius 3 is 2.57 bits per heavy atom. The Balaban J connectivity index is 1.93. The number of carboxylic acid groups (broad SMARTS) is 1. The first-order valence-electron chi connectivity index (χ1n) is 8.02. The van der Waals surface area contributed by atoms with Gasteiger partial charge in [-0.2, -0.15) is 0 Å². The SMILES string of the molecule is CC(C)(CCNC1CCCCC1c1ccccc1)C(=O)O. The van der Waals surface area contributed by atoms with E-state index < -0.39 is 11.4 Å². The molecule has 1 aromatic rings. The van der Waals surface area contributed by atoms with Crippen molar-refractivity contribution in [1.82, 2.24) is 5.32 Å². The van der Waals surface area contributed by atoms with Crippen LogP contribution in [0.2, 0.25) is 0 Å². The third-order valence-electron chi connectivity index (χ3n) is 4.73. The van der Waals surface area contributed by atoms with Gasteiger partial charge in [-0.25, -0.2) is 0 Å². The van der Waals surface area contributed by atoms with Crippen molar-refractivity contribution in [1.29, 1.82) is 0 Å². The summed E-state index contributed by atoms with van der Waals surface area (Å²) in [7, 11) is 0. The summed E-state index contributed by atoms with van der Waals surface area (Å²) in [5.74, 6) is -0.152. The molecule has 1 aliphatic rings. The lowest BCUT2D eigenvalue weighted by Crippen LogP contribution is -2.39. The van der Waals surface area contributed by atoms with Gasteiger partial charge in [0, 0.05) is 6.04 Å². The van der Waals surface area contributed by atoms with E-state index in [0.717, 1.165) is 6.54 Å². The maximum absolute atomic E-state index is 11.2. The van der Waals surface area contributed by atoms with E-state index in [1.165, 1.54) is 31.2 Å². The molecule has 1 saturated carbocycles. The summed E-state index contributed by atoms with van der Waals surface area (Å²) in [4.78, 5) is 11.2. The molecule has 2 N–H and O–H groups in total. The molecule has 0 saturated heterocycles. The van der Waals surface area contributed by atoms with Crippen molar-refractivity contribution in [2.45, 2.75) is 57.9 Å². The fourth-order valence-electron chi connectivity index (χ4n) is 3.15. The minimum absolute atomic E-state index is 0.478. The standard InChI is InChI=1S/C18H27NO2/c1-18(2,17(20)21)12-13-19-16-11-7-6-10-15(16)14-8-4-3-5-9-14/h3-5,8-9,15-16,19H,6-7,10-13H2,1-2H3,(H,20,21). The number of aliphatic carboxylic acids is 1. The van der Waals surface area contributed by atoms with Crippen molar-refractivity contribution >= 4 is 5.97 Å². The largest absolute Gasteiger partial charge is 0.481 e. The Hall–Kier alpha value is -1.35. The van der Waals surface area contributed by atoms with Crippen molar-refractivity contribution in [3.63, 3.8) is 0 Å². The van der Waals surface area contributed by atoms with Gasteiger partial charge in [0.1, 0.15) is 0 Å². The highest BCUT2D eigenvalue weighted by atomic mass is 16.4. The van der Waals surface area contributed by atoms with E-state index in [1.54, 1.807) is 13.8 Å². The third kappa shape index (κ3) is 4.31. The van der Waals surface area contributed by atoms with Crippen LogP contribution in [0, 0.1) is 5.41 Å². The molecular weight excluding hydrogens is 262 g/mol. The number of nitrogens with one attached hydrogen (secondary N) is 1. The van der Waals surface area contributed by atoms with Gasteiger partial charge in [0.05, 0.1) is 5.41 Å². The molecule has 0 spiro atoms. The smallest absolute Gasteiger partial charge is 0.309 e. The van der Waals surface area contributed by atoms with Crippen LogP contribution in [0.25, 0.3) is 0 Å². The Morgan fingerprint density at radius 2 is 1.90 bits per heavy atom. The van der Waals surface area contributed by atoms with Crippen LogP contribution in [0.15, 0.2) is 30.3 Å². The van der Waals surface area contributed by atoms with E-state index in [9.17, 15) is 9.90 Å². The second kappa shape index (κ2) is 7.08. The predicted octanol–water partition coefficient (Wildman–Crippen LogP) is 3.80. The Kier molecular flexibility index (Phi) is 5.40. The van der Waals surface area contributed by atoms with Gasteiger partial charge in [-0.1, -0.05) is 43.2 Å². The number of hydrogen-bond donors (Lipinski definition) is 2. The first-order valence-corrected chi connectivity index (χ1v) is 8.02. The van der Waals surface area contributed by atoms with E-state index in [-0.39, 0.29) is 0 Å². The van der Waals surface area contributed by atoms with Gasteiger partial charge in [0.25, 0.3) is 0 Å². The maximum Gasteiger partial charge on any atom is 0.309 e. The summed E-state index contributed by atoms with van der Waals surface area (Å²) in [5, 5.41) is 12.8. The van der Waals surface area contributed by atoms with Crippen LogP contribution in [-0.4, -0.2) is 23.7 Å². The van der Waals surface area contributed by atoms with Crippen LogP contribution >= 0.6 is 0 Å². The normalized spacial score (nSPS) is 23.0. The first kappa shape index (κ1) is 16.0. The second-order valence-corrected chi connectivity index (χ2v) is 6.80. The quantitative estimate of drug-likeness (QED) is 0.837. The number of carboxylic acids is 1. The van der Waals surface area contributed by atoms with Crippen LogP contribution in [0.3, 0.4) is 0 Å². The van der Waals surface area contributed by atoms with Crippen molar-refractivity contribution in [3.05, 3.63) is 35.9 Å². The lowest BCUT2D eigenvalue weighted by atomic mass is 9.79. The molecule has 0 aromatic heterocycles. The zero-order valence-corrected chi connectivity index (χ0v) is 13.1. The van der Waals surface area contributed by atoms with Crippen molar-refractivity contribution in [2.24, 2.45) is 5.41 Å². The minimum Gasteiger partial charge on any atom is -0.481 e. The molecule has 2 rings (SSSR count). The highest BCUT2D eigenvalue weighted by molar-refractivity contribution is 5.73. The van der Waals surface area contributed by atoms with Crippen molar-refractivity contribution in [2.75, 3.05) is 6.54 Å². The Morgan fingerprint density at radius 1 is 1.24 bits per heavy atom. The van der Waals surface area contributed by atoms with E-state index >= 15 is 0 Å². The summed E-state index contributed by atoms with van der Waals surface area (Å²) in [6, 6.07) is 11.2. The van der Waals surface area contributed by atoms with Gasteiger partial charge < -0.3 is 10.4 Å². The summed E-state index contributed by atoms with van der Waals surface area (Å²) < 4.78 is 0. The van der Waals surface area contributed by atoms with Gasteiger partial charge in [-0.15, -0.1) is 0 Å². The minimum atomic E-state index is -0.715. The summed E-state index contributed by atoms with van der Waals surface area (Å²) >= 11 is 0. The van der Waals surface area contributed by atoms with Gasteiger partial charge in [0.2, 0.25) is 0 Å². The molecule has 2 atom stereocenters. The van der Waals surface area contributed by atoms with E-state index in [1.807, 2.05) is 0 Å². The van der Waals surface area contributed by atoms with Crippen molar-refractivity contribution < 1.29 is 9.90 Å². The zero-order chi connectivity index (χ0) is 15.3. The number of rotatable bonds is 6. The van der Waals surface area contributed by atoms with Gasteiger partial charge in [0.15, 0.2) is 0 Å². The third-order valence-corrected chi connectivity index (χ3v) is 4.73. The molecule has 21 heavy (non-hydrogen) atoms. The topological polar surface area (TPSA) is 49.3 Å². The molecular formula is C18H27NO2. The van der Waals surface area contributed by atoms with Crippen LogP contribution in [0.1, 0.15) is 57.4 Å². The fraction of sp³-hybridized carbons (Fsp3) is 0.611. The van der Waals surface area contributed by atoms with E-state index in [2.05, 4.69) is 35.6 Å². The second-order valence-electron chi connectivity index (χ2n) is 6.80. The fourth-order valence-corrected chi connectivity index (χ4v) is 3.15. The molecule has 1 fully saturated rings. The molecule has 1 aliphatic carbocycles. The number of carbonyl (C=O) groups is 1. The molecule has 0 bridgehead atoms. The predicted molar refractivity (Wildman–Crippen MR) is 85.5 cm³/mol. The van der Waals surface area contributed by atoms with E-state index in [0.29, 0.717) is 18.4 Å². The van der Waals surface area contributed by atoms with E-state index in [4.69, 9.17) is 0 Å². The molecule has 3 heteroatoms. The molecule has 0 heterocycles. The lowest BCUT2D eigenvalue weighted by Gasteiger charge is -2.33. The van der Waals surface area contributed by atoms with Crippen LogP contribution < -0.4 is 5.32 Å². The summed E-state index contributed by atoms with van der Waals surface area (Å²) in [6.45, 7) is 4.37. The highest BCUT2D eigenvalue weighted by Crippen LogP contribution is 2.33. The number of benzene rings is 1. The van der Waals surface area contributed by atoms with Crippen LogP contribution in [-0.2, 0) is 4.79 Å². The monoisotopic (exact) mass is 289 g/mol. The highest BCUT2D eigenvalue weighted by Gasteiger charge is 2.29. The Labute approximate surface area is 127 Å². The lowest BCUT2D eigenvalue weighted by molar-refractivity contribution is -0.147. The summed E-state index contributed by atoms with van der Waals surface area (Å²) in [6.07, 6.45) is 5.64. The summed E-state index contributed by atoms with van der Waals surface area (Å²) in [5.41, 5.74) is 0.761. The molecule has 116 valence electrons. The number of hydrogen-bond acceptors (Lipinski definition) is 2. The average Bonchev–Trinajstić information content (AvgIpc) is 2.48. The Bertz CT molecular complexity index is 456. The van der Waals surface area contributed by atoms with Gasteiger partial charge >= 0.3 is 5.97 Å². The maximum atomic E-state index is 11.2. The van der Waals surface area contributed by atoms with Gasteiger partial charge in [-0.05, 0) is 51.1 Å². The molecule has 0 aliphatic heterocycles. The van der Waals surface area contributed by atoms with Crippen LogP contribution in [0.5, 0.6) is 0 Å². The van der Waals surface area contributed by atoms with Crippen molar-refractivity contribution in [3.8, 4) is 0 Å². The molecule has 3 nitrogen and oxygen atoms in total. The molecule has 0 radical (unpaired) electrons. The molecule has 2 unspecified atom stereocenters. The van der Waals surface area contributed by atoms with Crippen LogP contribution in [0.4, 0.5) is 0 Å².